The van der Waals surface area contributed by atoms with Gasteiger partial charge in [0.05, 0.1) is 11.7 Å². The molecule has 0 atom stereocenters. The summed E-state index contributed by atoms with van der Waals surface area (Å²) in [6, 6.07) is 20.8. The normalized spacial score (nSPS) is 9.40. The lowest BCUT2D eigenvalue weighted by atomic mass is 10.1. The zero-order valence-electron chi connectivity index (χ0n) is 10.6. The second kappa shape index (κ2) is 7.21. The first-order chi connectivity index (χ1) is 9.77. The van der Waals surface area contributed by atoms with E-state index in [0.717, 1.165) is 11.3 Å². The molecule has 4 heteroatoms. The van der Waals surface area contributed by atoms with E-state index in [2.05, 4.69) is 53.5 Å². The minimum absolute atomic E-state index is 0.282. The highest BCUT2D eigenvalue weighted by atomic mass is 32.1. The molecule has 100 valence electrons. The summed E-state index contributed by atoms with van der Waals surface area (Å²) in [6.45, 7) is 0. The standard InChI is InChI=1S/C12H10.C4H3NO2S/c1-3-7-11(8-4-1)12-9-5-2-6-10-12;6-4(7)3-1-5-2-8-3/h1-10H;1-2H,(H,6,7). The molecule has 3 aromatic rings. The maximum Gasteiger partial charge on any atom is 0.347 e. The van der Waals surface area contributed by atoms with Crippen molar-refractivity contribution in [3.63, 3.8) is 0 Å². The molecule has 0 radical (unpaired) electrons. The Morgan fingerprint density at radius 3 is 1.70 bits per heavy atom. The minimum Gasteiger partial charge on any atom is -0.477 e. The van der Waals surface area contributed by atoms with Crippen LogP contribution in [0.4, 0.5) is 0 Å². The molecule has 0 fully saturated rings. The molecule has 3 rings (SSSR count). The van der Waals surface area contributed by atoms with Crippen LogP contribution in [0.5, 0.6) is 0 Å². The molecule has 0 saturated heterocycles. The van der Waals surface area contributed by atoms with Crippen LogP contribution in [0, 0.1) is 0 Å². The van der Waals surface area contributed by atoms with E-state index in [1.165, 1.54) is 22.8 Å². The smallest absolute Gasteiger partial charge is 0.347 e. The molecule has 0 aliphatic heterocycles. The summed E-state index contributed by atoms with van der Waals surface area (Å²) in [6.07, 6.45) is 1.33. The van der Waals surface area contributed by atoms with Crippen LogP contribution in [0.1, 0.15) is 9.67 Å². The van der Waals surface area contributed by atoms with Crippen LogP contribution in [0.15, 0.2) is 72.4 Å². The van der Waals surface area contributed by atoms with E-state index >= 15 is 0 Å². The van der Waals surface area contributed by atoms with Crippen LogP contribution in [0.2, 0.25) is 0 Å². The van der Waals surface area contributed by atoms with Crippen LogP contribution < -0.4 is 0 Å². The molecular formula is C16H13NO2S. The van der Waals surface area contributed by atoms with Crippen molar-refractivity contribution >= 4 is 17.3 Å². The minimum atomic E-state index is -0.910. The van der Waals surface area contributed by atoms with Crippen molar-refractivity contribution in [2.45, 2.75) is 0 Å². The number of rotatable bonds is 2. The molecule has 1 aromatic heterocycles. The molecular weight excluding hydrogens is 270 g/mol. The van der Waals surface area contributed by atoms with Crippen molar-refractivity contribution < 1.29 is 9.90 Å². The van der Waals surface area contributed by atoms with Gasteiger partial charge in [-0.25, -0.2) is 4.79 Å². The Morgan fingerprint density at radius 2 is 1.40 bits per heavy atom. The number of nitrogens with zero attached hydrogens (tertiary/aromatic N) is 1. The fraction of sp³-hybridized carbons (Fsp3) is 0. The Hall–Kier alpha value is -2.46. The fourth-order valence-electron chi connectivity index (χ4n) is 1.58. The van der Waals surface area contributed by atoms with Gasteiger partial charge < -0.3 is 5.11 Å². The summed E-state index contributed by atoms with van der Waals surface area (Å²) in [5.41, 5.74) is 4.04. The molecule has 0 bridgehead atoms. The second-order valence-corrected chi connectivity index (χ2v) is 4.79. The fourth-order valence-corrected chi connectivity index (χ4v) is 2.04. The SMILES string of the molecule is O=C(O)c1cncs1.c1ccc(-c2ccccc2)cc1. The number of thiazole rings is 1. The van der Waals surface area contributed by atoms with E-state index in [9.17, 15) is 4.79 Å². The highest BCUT2D eigenvalue weighted by molar-refractivity contribution is 7.11. The third-order valence-electron chi connectivity index (χ3n) is 2.52. The lowest BCUT2D eigenvalue weighted by Gasteiger charge is -1.98. The number of hydrogen-bond donors (Lipinski definition) is 1. The Bertz CT molecular complexity index is 599. The number of hydrogen-bond acceptors (Lipinski definition) is 3. The van der Waals surface area contributed by atoms with Crippen molar-refractivity contribution in [3.8, 4) is 11.1 Å². The summed E-state index contributed by atoms with van der Waals surface area (Å²) in [4.78, 5) is 13.9. The Labute approximate surface area is 121 Å². The summed E-state index contributed by atoms with van der Waals surface area (Å²) >= 11 is 1.12. The van der Waals surface area contributed by atoms with E-state index in [1.807, 2.05) is 12.1 Å². The van der Waals surface area contributed by atoms with Gasteiger partial charge in [-0.3, -0.25) is 4.98 Å². The third-order valence-corrected chi connectivity index (χ3v) is 3.29. The van der Waals surface area contributed by atoms with Gasteiger partial charge in [0.1, 0.15) is 4.88 Å². The van der Waals surface area contributed by atoms with E-state index in [0.29, 0.717) is 0 Å². The van der Waals surface area contributed by atoms with Gasteiger partial charge in [0.2, 0.25) is 0 Å². The second-order valence-electron chi connectivity index (χ2n) is 3.90. The molecule has 2 aromatic carbocycles. The van der Waals surface area contributed by atoms with Crippen molar-refractivity contribution in [1.29, 1.82) is 0 Å². The lowest BCUT2D eigenvalue weighted by molar-refractivity contribution is 0.0702. The maximum absolute atomic E-state index is 10.0. The van der Waals surface area contributed by atoms with Gasteiger partial charge in [-0.2, -0.15) is 0 Å². The van der Waals surface area contributed by atoms with Crippen molar-refractivity contribution in [2.75, 3.05) is 0 Å². The van der Waals surface area contributed by atoms with Gasteiger partial charge in [0.25, 0.3) is 0 Å². The molecule has 0 aliphatic rings. The van der Waals surface area contributed by atoms with Crippen LogP contribution in [-0.4, -0.2) is 16.1 Å². The molecule has 3 nitrogen and oxygen atoms in total. The van der Waals surface area contributed by atoms with Gasteiger partial charge in [0, 0.05) is 0 Å². The Morgan fingerprint density at radius 1 is 0.900 bits per heavy atom. The van der Waals surface area contributed by atoms with Gasteiger partial charge in [0.15, 0.2) is 0 Å². The largest absolute Gasteiger partial charge is 0.477 e. The number of aromatic carboxylic acids is 1. The van der Waals surface area contributed by atoms with Crippen LogP contribution in [-0.2, 0) is 0 Å². The van der Waals surface area contributed by atoms with Crippen LogP contribution >= 0.6 is 11.3 Å². The molecule has 0 spiro atoms. The number of benzene rings is 2. The van der Waals surface area contributed by atoms with E-state index in [-0.39, 0.29) is 4.88 Å². The van der Waals surface area contributed by atoms with E-state index < -0.39 is 5.97 Å². The van der Waals surface area contributed by atoms with Crippen LogP contribution in [0.3, 0.4) is 0 Å². The first kappa shape index (κ1) is 14.0. The average Bonchev–Trinajstić information content (AvgIpc) is 3.04. The van der Waals surface area contributed by atoms with Gasteiger partial charge in [-0.05, 0) is 11.1 Å². The average molecular weight is 283 g/mol. The van der Waals surface area contributed by atoms with Gasteiger partial charge in [-0.1, -0.05) is 60.7 Å². The zero-order valence-corrected chi connectivity index (χ0v) is 11.5. The highest BCUT2D eigenvalue weighted by Crippen LogP contribution is 2.17. The monoisotopic (exact) mass is 283 g/mol. The summed E-state index contributed by atoms with van der Waals surface area (Å²) in [5.74, 6) is -0.910. The van der Waals surface area contributed by atoms with Gasteiger partial charge in [-0.15, -0.1) is 11.3 Å². The van der Waals surface area contributed by atoms with Crippen molar-refractivity contribution in [1.82, 2.24) is 4.98 Å². The summed E-state index contributed by atoms with van der Waals surface area (Å²) in [5, 5.41) is 8.24. The summed E-state index contributed by atoms with van der Waals surface area (Å²) in [7, 11) is 0. The van der Waals surface area contributed by atoms with Gasteiger partial charge >= 0.3 is 5.97 Å². The summed E-state index contributed by atoms with van der Waals surface area (Å²) < 4.78 is 0. The number of carboxylic acid groups (broad SMARTS) is 1. The molecule has 0 amide bonds. The molecule has 20 heavy (non-hydrogen) atoms. The van der Waals surface area contributed by atoms with Crippen LogP contribution in [0.25, 0.3) is 11.1 Å². The topological polar surface area (TPSA) is 50.2 Å². The number of carboxylic acids is 1. The quantitative estimate of drug-likeness (QED) is 0.767. The first-order valence-electron chi connectivity index (χ1n) is 5.99. The lowest BCUT2D eigenvalue weighted by Crippen LogP contribution is -1.89. The molecule has 1 heterocycles. The number of aromatic nitrogens is 1. The third kappa shape index (κ3) is 4.03. The molecule has 1 N–H and O–H groups in total. The zero-order chi connectivity index (χ0) is 14.2. The van der Waals surface area contributed by atoms with E-state index in [4.69, 9.17) is 5.11 Å². The molecule has 0 saturated carbocycles. The predicted molar refractivity (Wildman–Crippen MR) is 81.0 cm³/mol. The Kier molecular flexibility index (Phi) is 5.03. The first-order valence-corrected chi connectivity index (χ1v) is 6.87. The maximum atomic E-state index is 10.0. The highest BCUT2D eigenvalue weighted by Gasteiger charge is 2.00. The van der Waals surface area contributed by atoms with E-state index in [1.54, 1.807) is 0 Å². The van der Waals surface area contributed by atoms with Crippen molar-refractivity contribution in [3.05, 3.63) is 77.2 Å². The molecule has 0 aliphatic carbocycles. The molecule has 0 unspecified atom stereocenters. The van der Waals surface area contributed by atoms with Crippen molar-refractivity contribution in [2.24, 2.45) is 0 Å². The number of carbonyl (C=O) groups is 1. The predicted octanol–water partition coefficient (Wildman–Crippen LogP) is 4.19. The Balaban J connectivity index is 0.000000160.